The van der Waals surface area contributed by atoms with Crippen LogP contribution in [-0.4, -0.2) is 30.5 Å². The standard InChI is InChI=1S/C18H24FN3OS2/c19-16-11-14(5-6-17(16)24-10-8-21)25-12-13-3-1-2-4-15(13)18(23)22-9-7-20/h5-6,11,13,15H,1-4,8-10,12,21H2,(H,22,23). The molecular formula is C18H24FN3OS2. The van der Waals surface area contributed by atoms with Crippen LogP contribution in [0.5, 0.6) is 0 Å². The van der Waals surface area contributed by atoms with Gasteiger partial charge in [0.15, 0.2) is 0 Å². The maximum absolute atomic E-state index is 14.1. The monoisotopic (exact) mass is 381 g/mol. The van der Waals surface area contributed by atoms with E-state index in [1.165, 1.54) is 11.8 Å². The van der Waals surface area contributed by atoms with Crippen LogP contribution in [0.15, 0.2) is 28.0 Å². The van der Waals surface area contributed by atoms with Crippen molar-refractivity contribution in [3.8, 4) is 6.07 Å². The van der Waals surface area contributed by atoms with E-state index in [-0.39, 0.29) is 30.1 Å². The summed E-state index contributed by atoms with van der Waals surface area (Å²) >= 11 is 3.02. The summed E-state index contributed by atoms with van der Waals surface area (Å²) in [5, 5.41) is 11.3. The van der Waals surface area contributed by atoms with E-state index in [0.717, 1.165) is 36.3 Å². The number of rotatable bonds is 8. The third kappa shape index (κ3) is 6.21. The molecule has 7 heteroatoms. The number of nitrogens with two attached hydrogens (primary N) is 1. The first-order valence-corrected chi connectivity index (χ1v) is 10.5. The van der Waals surface area contributed by atoms with E-state index in [1.807, 2.05) is 12.1 Å². The van der Waals surface area contributed by atoms with Gasteiger partial charge < -0.3 is 11.1 Å². The van der Waals surface area contributed by atoms with Gasteiger partial charge in [-0.1, -0.05) is 12.8 Å². The molecule has 0 radical (unpaired) electrons. The minimum atomic E-state index is -0.213. The fourth-order valence-corrected chi connectivity index (χ4v) is 4.93. The van der Waals surface area contributed by atoms with Crippen molar-refractivity contribution in [3.63, 3.8) is 0 Å². The Morgan fingerprint density at radius 2 is 2.16 bits per heavy atom. The molecule has 0 heterocycles. The average molecular weight is 382 g/mol. The third-order valence-electron chi connectivity index (χ3n) is 4.33. The Morgan fingerprint density at radius 1 is 1.36 bits per heavy atom. The number of hydrogen-bond donors (Lipinski definition) is 2. The van der Waals surface area contributed by atoms with Crippen molar-refractivity contribution in [2.75, 3.05) is 24.6 Å². The first-order valence-electron chi connectivity index (χ1n) is 8.55. The van der Waals surface area contributed by atoms with Crippen molar-refractivity contribution in [3.05, 3.63) is 24.0 Å². The first kappa shape index (κ1) is 20.1. The van der Waals surface area contributed by atoms with Gasteiger partial charge in [-0.05, 0) is 37.0 Å². The quantitative estimate of drug-likeness (QED) is 0.533. The number of nitriles is 1. The number of nitrogens with one attached hydrogen (secondary N) is 1. The zero-order chi connectivity index (χ0) is 18.1. The van der Waals surface area contributed by atoms with Crippen molar-refractivity contribution in [2.45, 2.75) is 35.5 Å². The van der Waals surface area contributed by atoms with E-state index in [1.54, 1.807) is 23.9 Å². The number of hydrogen-bond acceptors (Lipinski definition) is 5. The molecule has 2 rings (SSSR count). The molecule has 2 atom stereocenters. The highest BCUT2D eigenvalue weighted by Crippen LogP contribution is 2.35. The van der Waals surface area contributed by atoms with Gasteiger partial charge in [-0.3, -0.25) is 4.79 Å². The Kier molecular flexibility index (Phi) is 8.59. The summed E-state index contributed by atoms with van der Waals surface area (Å²) in [6, 6.07) is 7.25. The molecule has 1 amide bonds. The molecule has 1 fully saturated rings. The highest BCUT2D eigenvalue weighted by molar-refractivity contribution is 7.99. The molecule has 136 valence electrons. The van der Waals surface area contributed by atoms with E-state index < -0.39 is 0 Å². The van der Waals surface area contributed by atoms with Crippen LogP contribution in [0.2, 0.25) is 0 Å². The maximum atomic E-state index is 14.1. The Labute approximate surface area is 157 Å². The summed E-state index contributed by atoms with van der Waals surface area (Å²) in [5.74, 6) is 1.48. The lowest BCUT2D eigenvalue weighted by atomic mass is 9.80. The predicted octanol–water partition coefficient (Wildman–Crippen LogP) is 3.41. The van der Waals surface area contributed by atoms with Gasteiger partial charge >= 0.3 is 0 Å². The van der Waals surface area contributed by atoms with Crippen molar-refractivity contribution >= 4 is 29.4 Å². The van der Waals surface area contributed by atoms with Gasteiger partial charge in [-0.25, -0.2) is 4.39 Å². The maximum Gasteiger partial charge on any atom is 0.224 e. The molecule has 0 aromatic heterocycles. The molecule has 1 aromatic rings. The van der Waals surface area contributed by atoms with Gasteiger partial charge in [-0.2, -0.15) is 5.26 Å². The van der Waals surface area contributed by atoms with Crippen LogP contribution in [0.4, 0.5) is 4.39 Å². The number of carbonyl (C=O) groups is 1. The minimum Gasteiger partial charge on any atom is -0.343 e. The molecule has 0 bridgehead atoms. The lowest BCUT2D eigenvalue weighted by molar-refractivity contribution is -0.127. The van der Waals surface area contributed by atoms with E-state index >= 15 is 0 Å². The van der Waals surface area contributed by atoms with Gasteiger partial charge in [0, 0.05) is 33.8 Å². The van der Waals surface area contributed by atoms with Crippen LogP contribution < -0.4 is 11.1 Å². The zero-order valence-electron chi connectivity index (χ0n) is 14.2. The molecule has 2 unspecified atom stereocenters. The first-order chi connectivity index (χ1) is 12.2. The Bertz CT molecular complexity index is 621. The molecule has 3 N–H and O–H groups in total. The molecular weight excluding hydrogens is 357 g/mol. The number of benzene rings is 1. The Morgan fingerprint density at radius 3 is 2.88 bits per heavy atom. The molecule has 1 aromatic carbocycles. The van der Waals surface area contributed by atoms with Gasteiger partial charge in [-0.15, -0.1) is 23.5 Å². The summed E-state index contributed by atoms with van der Waals surface area (Å²) < 4.78 is 14.1. The topological polar surface area (TPSA) is 78.9 Å². The van der Waals surface area contributed by atoms with Crippen LogP contribution >= 0.6 is 23.5 Å². The normalized spacial score (nSPS) is 20.0. The number of halogens is 1. The van der Waals surface area contributed by atoms with Crippen LogP contribution in [0.1, 0.15) is 25.7 Å². The van der Waals surface area contributed by atoms with Crippen LogP contribution in [-0.2, 0) is 4.79 Å². The molecule has 1 aliphatic carbocycles. The lowest BCUT2D eigenvalue weighted by Gasteiger charge is -2.30. The van der Waals surface area contributed by atoms with Gasteiger partial charge in [0.25, 0.3) is 0 Å². The zero-order valence-corrected chi connectivity index (χ0v) is 15.8. The molecule has 0 aliphatic heterocycles. The lowest BCUT2D eigenvalue weighted by Crippen LogP contribution is -2.37. The molecule has 25 heavy (non-hydrogen) atoms. The molecule has 1 aliphatic rings. The fraction of sp³-hybridized carbons (Fsp3) is 0.556. The highest BCUT2D eigenvalue weighted by Gasteiger charge is 2.30. The molecule has 1 saturated carbocycles. The van der Waals surface area contributed by atoms with Crippen LogP contribution in [0.25, 0.3) is 0 Å². The van der Waals surface area contributed by atoms with Crippen molar-refractivity contribution in [2.24, 2.45) is 17.6 Å². The molecule has 0 spiro atoms. The van der Waals surface area contributed by atoms with Crippen molar-refractivity contribution < 1.29 is 9.18 Å². The smallest absolute Gasteiger partial charge is 0.224 e. The SMILES string of the molecule is N#CCNC(=O)C1CCCCC1CSc1ccc(SCCN)c(F)c1. The van der Waals surface area contributed by atoms with Gasteiger partial charge in [0.05, 0.1) is 6.07 Å². The van der Waals surface area contributed by atoms with E-state index in [4.69, 9.17) is 11.0 Å². The minimum absolute atomic E-state index is 0.0217. The average Bonchev–Trinajstić information content (AvgIpc) is 2.64. The van der Waals surface area contributed by atoms with Crippen molar-refractivity contribution in [1.82, 2.24) is 5.32 Å². The summed E-state index contributed by atoms with van der Waals surface area (Å²) in [6.07, 6.45) is 4.04. The summed E-state index contributed by atoms with van der Waals surface area (Å²) in [5.41, 5.74) is 5.46. The third-order valence-corrected chi connectivity index (χ3v) is 6.59. The summed E-state index contributed by atoms with van der Waals surface area (Å²) in [4.78, 5) is 13.7. The summed E-state index contributed by atoms with van der Waals surface area (Å²) in [6.45, 7) is 0.583. The van der Waals surface area contributed by atoms with E-state index in [0.29, 0.717) is 17.2 Å². The number of thioether (sulfide) groups is 2. The second-order valence-corrected chi connectivity index (χ2v) is 8.30. The molecule has 4 nitrogen and oxygen atoms in total. The van der Waals surface area contributed by atoms with Crippen molar-refractivity contribution in [1.29, 1.82) is 5.26 Å². The Hall–Kier alpha value is -1.23. The number of carbonyl (C=O) groups excluding carboxylic acids is 1. The largest absolute Gasteiger partial charge is 0.343 e. The Balaban J connectivity index is 1.93. The van der Waals surface area contributed by atoms with Gasteiger partial charge in [0.1, 0.15) is 12.4 Å². The van der Waals surface area contributed by atoms with Gasteiger partial charge in [0.2, 0.25) is 5.91 Å². The number of nitrogens with zero attached hydrogens (tertiary/aromatic N) is 1. The highest BCUT2D eigenvalue weighted by atomic mass is 32.2. The summed E-state index contributed by atoms with van der Waals surface area (Å²) in [7, 11) is 0. The second kappa shape index (κ2) is 10.7. The van der Waals surface area contributed by atoms with E-state index in [9.17, 15) is 9.18 Å². The number of amides is 1. The molecule has 0 saturated heterocycles. The van der Waals surface area contributed by atoms with Crippen LogP contribution in [0.3, 0.4) is 0 Å². The van der Waals surface area contributed by atoms with Crippen LogP contribution in [0, 0.1) is 29.0 Å². The van der Waals surface area contributed by atoms with E-state index in [2.05, 4.69) is 5.32 Å². The second-order valence-electron chi connectivity index (χ2n) is 6.07. The predicted molar refractivity (Wildman–Crippen MR) is 101 cm³/mol. The fourth-order valence-electron chi connectivity index (χ4n) is 3.07.